The molecular formula is C14H17ClN2O. The van der Waals surface area contributed by atoms with Gasteiger partial charge in [0.25, 0.3) is 0 Å². The van der Waals surface area contributed by atoms with Crippen LogP contribution >= 0.6 is 11.6 Å². The van der Waals surface area contributed by atoms with Gasteiger partial charge in [-0.15, -0.1) is 0 Å². The molecule has 3 nitrogen and oxygen atoms in total. The molecule has 1 aliphatic carbocycles. The van der Waals surface area contributed by atoms with Crippen molar-refractivity contribution in [1.29, 1.82) is 0 Å². The van der Waals surface area contributed by atoms with Gasteiger partial charge in [-0.1, -0.05) is 11.6 Å². The van der Waals surface area contributed by atoms with Crippen LogP contribution in [0.25, 0.3) is 0 Å². The Labute approximate surface area is 112 Å². The molecule has 0 bridgehead atoms. The SMILES string of the molecule is CC1C(=O)Nc2ccc(Cl)cc2CN1CC1CC1. The van der Waals surface area contributed by atoms with E-state index in [0.29, 0.717) is 0 Å². The van der Waals surface area contributed by atoms with Gasteiger partial charge in [-0.2, -0.15) is 0 Å². The Hall–Kier alpha value is -1.06. The number of amides is 1. The maximum atomic E-state index is 12.1. The van der Waals surface area contributed by atoms with Crippen molar-refractivity contribution in [2.45, 2.75) is 32.4 Å². The van der Waals surface area contributed by atoms with Gasteiger partial charge in [-0.25, -0.2) is 0 Å². The van der Waals surface area contributed by atoms with Gasteiger partial charge >= 0.3 is 0 Å². The van der Waals surface area contributed by atoms with Crippen molar-refractivity contribution in [2.24, 2.45) is 5.92 Å². The molecule has 1 unspecified atom stereocenters. The molecule has 3 rings (SSSR count). The zero-order chi connectivity index (χ0) is 12.7. The van der Waals surface area contributed by atoms with E-state index in [0.717, 1.165) is 35.3 Å². The van der Waals surface area contributed by atoms with Gasteiger partial charge in [-0.3, -0.25) is 9.69 Å². The Bertz CT molecular complexity index is 485. The largest absolute Gasteiger partial charge is 0.324 e. The first kappa shape index (κ1) is 12.0. The molecule has 1 heterocycles. The van der Waals surface area contributed by atoms with Gasteiger partial charge < -0.3 is 5.32 Å². The molecule has 0 aromatic heterocycles. The number of benzene rings is 1. The summed E-state index contributed by atoms with van der Waals surface area (Å²) in [6.45, 7) is 3.79. The van der Waals surface area contributed by atoms with Crippen molar-refractivity contribution in [1.82, 2.24) is 4.90 Å². The highest BCUT2D eigenvalue weighted by Gasteiger charge is 2.31. The molecule has 1 N–H and O–H groups in total. The van der Waals surface area contributed by atoms with Crippen LogP contribution in [0.5, 0.6) is 0 Å². The first-order valence-electron chi connectivity index (χ1n) is 6.47. The second kappa shape index (κ2) is 4.56. The van der Waals surface area contributed by atoms with E-state index in [1.807, 2.05) is 25.1 Å². The first-order valence-corrected chi connectivity index (χ1v) is 6.84. The highest BCUT2D eigenvalue weighted by molar-refractivity contribution is 6.30. The molecule has 1 aliphatic heterocycles. The molecule has 0 saturated heterocycles. The number of halogens is 1. The number of hydrogen-bond acceptors (Lipinski definition) is 2. The molecule has 1 aromatic rings. The predicted molar refractivity (Wildman–Crippen MR) is 72.7 cm³/mol. The fraction of sp³-hybridized carbons (Fsp3) is 0.500. The number of nitrogens with one attached hydrogen (secondary N) is 1. The summed E-state index contributed by atoms with van der Waals surface area (Å²) in [5.74, 6) is 0.859. The quantitative estimate of drug-likeness (QED) is 0.891. The second-order valence-corrected chi connectivity index (χ2v) is 5.78. The summed E-state index contributed by atoms with van der Waals surface area (Å²) in [6, 6.07) is 5.59. The standard InChI is InChI=1S/C14H17ClN2O/c1-9-14(18)16-13-5-4-12(15)6-11(13)8-17(9)7-10-2-3-10/h4-6,9-10H,2-3,7-8H2,1H3,(H,16,18). The minimum absolute atomic E-state index is 0.0724. The van der Waals surface area contributed by atoms with Gasteiger partial charge in [0.1, 0.15) is 0 Å². The lowest BCUT2D eigenvalue weighted by Gasteiger charge is -2.25. The van der Waals surface area contributed by atoms with Crippen LogP contribution in [0.15, 0.2) is 18.2 Å². The number of anilines is 1. The zero-order valence-corrected chi connectivity index (χ0v) is 11.2. The highest BCUT2D eigenvalue weighted by Crippen LogP contribution is 2.33. The summed E-state index contributed by atoms with van der Waals surface area (Å²) >= 11 is 6.04. The molecule has 1 atom stereocenters. The van der Waals surface area contributed by atoms with Crippen molar-refractivity contribution >= 4 is 23.2 Å². The van der Waals surface area contributed by atoms with Gasteiger partial charge in [0, 0.05) is 23.8 Å². The monoisotopic (exact) mass is 264 g/mol. The molecule has 0 radical (unpaired) electrons. The van der Waals surface area contributed by atoms with Crippen LogP contribution in [0.1, 0.15) is 25.3 Å². The van der Waals surface area contributed by atoms with Crippen LogP contribution < -0.4 is 5.32 Å². The van der Waals surface area contributed by atoms with E-state index in [2.05, 4.69) is 10.2 Å². The van der Waals surface area contributed by atoms with Crippen LogP contribution in [0.3, 0.4) is 0 Å². The average molecular weight is 265 g/mol. The van der Waals surface area contributed by atoms with E-state index in [9.17, 15) is 4.79 Å². The summed E-state index contributed by atoms with van der Waals surface area (Å²) in [4.78, 5) is 14.3. The summed E-state index contributed by atoms with van der Waals surface area (Å²) in [6.07, 6.45) is 2.60. The third kappa shape index (κ3) is 2.38. The summed E-state index contributed by atoms with van der Waals surface area (Å²) in [5.41, 5.74) is 2.01. The maximum Gasteiger partial charge on any atom is 0.241 e. The fourth-order valence-corrected chi connectivity index (χ4v) is 2.62. The smallest absolute Gasteiger partial charge is 0.241 e. The number of carbonyl (C=O) groups excluding carboxylic acids is 1. The molecule has 1 saturated carbocycles. The minimum Gasteiger partial charge on any atom is -0.324 e. The van der Waals surface area contributed by atoms with Gasteiger partial charge in [0.2, 0.25) is 5.91 Å². The van der Waals surface area contributed by atoms with E-state index in [1.165, 1.54) is 12.8 Å². The molecule has 18 heavy (non-hydrogen) atoms. The van der Waals surface area contributed by atoms with E-state index in [4.69, 9.17) is 11.6 Å². The normalized spacial score (nSPS) is 24.3. The first-order chi connectivity index (χ1) is 8.63. The summed E-state index contributed by atoms with van der Waals surface area (Å²) in [5, 5.41) is 3.71. The van der Waals surface area contributed by atoms with Crippen LogP contribution in [0.2, 0.25) is 5.02 Å². The Balaban J connectivity index is 1.90. The number of carbonyl (C=O) groups is 1. The molecular weight excluding hydrogens is 248 g/mol. The Kier molecular flexibility index (Phi) is 3.04. The summed E-state index contributed by atoms with van der Waals surface area (Å²) in [7, 11) is 0. The molecule has 2 aliphatic rings. The van der Waals surface area contributed by atoms with E-state index >= 15 is 0 Å². The lowest BCUT2D eigenvalue weighted by atomic mass is 10.1. The fourth-order valence-electron chi connectivity index (χ4n) is 2.43. The Morgan fingerprint density at radius 1 is 1.44 bits per heavy atom. The van der Waals surface area contributed by atoms with Gasteiger partial charge in [-0.05, 0) is 49.4 Å². The molecule has 0 spiro atoms. The molecule has 1 aromatic carbocycles. The lowest BCUT2D eigenvalue weighted by Crippen LogP contribution is -2.40. The maximum absolute atomic E-state index is 12.1. The van der Waals surface area contributed by atoms with Gasteiger partial charge in [0.15, 0.2) is 0 Å². The van der Waals surface area contributed by atoms with Crippen LogP contribution in [0, 0.1) is 5.92 Å². The highest BCUT2D eigenvalue weighted by atomic mass is 35.5. The van der Waals surface area contributed by atoms with Crippen molar-refractivity contribution in [3.05, 3.63) is 28.8 Å². The van der Waals surface area contributed by atoms with Gasteiger partial charge in [0.05, 0.1) is 6.04 Å². The lowest BCUT2D eigenvalue weighted by molar-refractivity contribution is -0.120. The predicted octanol–water partition coefficient (Wildman–Crippen LogP) is 2.89. The molecule has 96 valence electrons. The number of fused-ring (bicyclic) bond motifs is 1. The Morgan fingerprint density at radius 3 is 2.94 bits per heavy atom. The topological polar surface area (TPSA) is 32.3 Å². The molecule has 1 amide bonds. The summed E-state index contributed by atoms with van der Waals surface area (Å²) < 4.78 is 0. The third-order valence-corrected chi connectivity index (χ3v) is 4.05. The second-order valence-electron chi connectivity index (χ2n) is 5.34. The number of hydrogen-bond donors (Lipinski definition) is 1. The van der Waals surface area contributed by atoms with Crippen molar-refractivity contribution in [3.8, 4) is 0 Å². The minimum atomic E-state index is -0.0724. The average Bonchev–Trinajstić information content (AvgIpc) is 3.14. The molecule has 1 fully saturated rings. The van der Waals surface area contributed by atoms with Crippen LogP contribution in [-0.2, 0) is 11.3 Å². The van der Waals surface area contributed by atoms with E-state index < -0.39 is 0 Å². The number of nitrogens with zero attached hydrogens (tertiary/aromatic N) is 1. The van der Waals surface area contributed by atoms with E-state index in [-0.39, 0.29) is 11.9 Å². The van der Waals surface area contributed by atoms with Crippen LogP contribution in [0.4, 0.5) is 5.69 Å². The van der Waals surface area contributed by atoms with Crippen molar-refractivity contribution < 1.29 is 4.79 Å². The van der Waals surface area contributed by atoms with Crippen LogP contribution in [-0.4, -0.2) is 23.4 Å². The molecule has 4 heteroatoms. The van der Waals surface area contributed by atoms with Crippen molar-refractivity contribution in [2.75, 3.05) is 11.9 Å². The van der Waals surface area contributed by atoms with E-state index in [1.54, 1.807) is 0 Å². The van der Waals surface area contributed by atoms with Crippen molar-refractivity contribution in [3.63, 3.8) is 0 Å². The zero-order valence-electron chi connectivity index (χ0n) is 10.4. The third-order valence-electron chi connectivity index (χ3n) is 3.82. The Morgan fingerprint density at radius 2 is 2.22 bits per heavy atom. The number of rotatable bonds is 2.